The van der Waals surface area contributed by atoms with E-state index in [1.807, 2.05) is 19.1 Å². The summed E-state index contributed by atoms with van der Waals surface area (Å²) in [5.41, 5.74) is 3.00. The Morgan fingerprint density at radius 2 is 2.16 bits per heavy atom. The van der Waals surface area contributed by atoms with E-state index in [0.717, 1.165) is 23.1 Å². The Balaban J connectivity index is 1.90. The van der Waals surface area contributed by atoms with Crippen molar-refractivity contribution in [3.63, 3.8) is 0 Å². The molecule has 3 heteroatoms. The minimum Gasteiger partial charge on any atom is -0.393 e. The Morgan fingerprint density at radius 3 is 2.89 bits per heavy atom. The summed E-state index contributed by atoms with van der Waals surface area (Å²) in [6, 6.07) is 8.58. The SMILES string of the molecule is Cc1ccc(F)cc1CC(O)CCc1cccnc1. The third-order valence-electron chi connectivity index (χ3n) is 3.26. The molecule has 1 heterocycles. The van der Waals surface area contributed by atoms with Crippen LogP contribution in [-0.4, -0.2) is 16.2 Å². The summed E-state index contributed by atoms with van der Waals surface area (Å²) in [5.74, 6) is -0.250. The smallest absolute Gasteiger partial charge is 0.123 e. The highest BCUT2D eigenvalue weighted by Gasteiger charge is 2.09. The molecule has 0 saturated carbocycles. The first-order valence-corrected chi connectivity index (χ1v) is 6.47. The first-order valence-electron chi connectivity index (χ1n) is 6.47. The van der Waals surface area contributed by atoms with Crippen molar-refractivity contribution in [3.8, 4) is 0 Å². The molecule has 0 fully saturated rings. The van der Waals surface area contributed by atoms with Gasteiger partial charge in [-0.25, -0.2) is 4.39 Å². The number of aliphatic hydroxyl groups is 1. The second-order valence-corrected chi connectivity index (χ2v) is 4.83. The lowest BCUT2D eigenvalue weighted by Crippen LogP contribution is -2.12. The molecule has 1 aromatic carbocycles. The minimum atomic E-state index is -0.458. The molecule has 1 unspecified atom stereocenters. The average molecular weight is 259 g/mol. The van der Waals surface area contributed by atoms with Crippen LogP contribution in [0.5, 0.6) is 0 Å². The topological polar surface area (TPSA) is 33.1 Å². The summed E-state index contributed by atoms with van der Waals surface area (Å²) in [4.78, 5) is 4.04. The molecule has 1 atom stereocenters. The van der Waals surface area contributed by atoms with Gasteiger partial charge in [0.25, 0.3) is 0 Å². The summed E-state index contributed by atoms with van der Waals surface area (Å²) in [6.45, 7) is 1.93. The van der Waals surface area contributed by atoms with Gasteiger partial charge < -0.3 is 5.11 Å². The lowest BCUT2D eigenvalue weighted by atomic mass is 9.99. The van der Waals surface area contributed by atoms with Crippen LogP contribution >= 0.6 is 0 Å². The summed E-state index contributed by atoms with van der Waals surface area (Å²) in [5, 5.41) is 10.0. The normalized spacial score (nSPS) is 12.4. The van der Waals surface area contributed by atoms with Gasteiger partial charge in [0.2, 0.25) is 0 Å². The molecule has 1 aromatic heterocycles. The molecular weight excluding hydrogens is 241 g/mol. The number of pyridine rings is 1. The van der Waals surface area contributed by atoms with Crippen LogP contribution in [0.1, 0.15) is 23.1 Å². The standard InChI is InChI=1S/C16H18FNO/c1-12-4-6-15(17)9-14(12)10-16(19)7-5-13-3-2-8-18-11-13/h2-4,6,8-9,11,16,19H,5,7,10H2,1H3. The number of aromatic nitrogens is 1. The van der Waals surface area contributed by atoms with Gasteiger partial charge in [-0.1, -0.05) is 12.1 Å². The van der Waals surface area contributed by atoms with Gasteiger partial charge in [-0.2, -0.15) is 0 Å². The van der Waals surface area contributed by atoms with E-state index in [4.69, 9.17) is 0 Å². The highest BCUT2D eigenvalue weighted by molar-refractivity contribution is 5.27. The molecule has 0 aliphatic carbocycles. The van der Waals surface area contributed by atoms with Gasteiger partial charge in [-0.05, 0) is 61.1 Å². The van der Waals surface area contributed by atoms with Crippen molar-refractivity contribution in [1.82, 2.24) is 4.98 Å². The van der Waals surface area contributed by atoms with E-state index in [-0.39, 0.29) is 5.82 Å². The van der Waals surface area contributed by atoms with E-state index in [1.54, 1.807) is 18.5 Å². The van der Waals surface area contributed by atoms with Crippen LogP contribution in [0.15, 0.2) is 42.7 Å². The minimum absolute atomic E-state index is 0.250. The van der Waals surface area contributed by atoms with Crippen LogP contribution in [0, 0.1) is 12.7 Å². The van der Waals surface area contributed by atoms with Gasteiger partial charge in [-0.15, -0.1) is 0 Å². The summed E-state index contributed by atoms with van der Waals surface area (Å²) < 4.78 is 13.2. The van der Waals surface area contributed by atoms with Gasteiger partial charge in [-0.3, -0.25) is 4.98 Å². The first-order chi connectivity index (χ1) is 9.15. The number of aryl methyl sites for hydroxylation is 2. The van der Waals surface area contributed by atoms with Gasteiger partial charge >= 0.3 is 0 Å². The second-order valence-electron chi connectivity index (χ2n) is 4.83. The zero-order chi connectivity index (χ0) is 13.7. The zero-order valence-corrected chi connectivity index (χ0v) is 11.0. The average Bonchev–Trinajstić information content (AvgIpc) is 2.42. The molecule has 2 rings (SSSR count). The van der Waals surface area contributed by atoms with Crippen LogP contribution in [0.2, 0.25) is 0 Å². The fourth-order valence-electron chi connectivity index (χ4n) is 2.10. The molecule has 0 spiro atoms. The molecule has 100 valence electrons. The van der Waals surface area contributed by atoms with Gasteiger partial charge in [0.15, 0.2) is 0 Å². The molecule has 2 aromatic rings. The molecule has 2 nitrogen and oxygen atoms in total. The van der Waals surface area contributed by atoms with Gasteiger partial charge in [0, 0.05) is 12.4 Å². The Morgan fingerprint density at radius 1 is 1.32 bits per heavy atom. The van der Waals surface area contributed by atoms with Crippen LogP contribution in [0.3, 0.4) is 0 Å². The van der Waals surface area contributed by atoms with Crippen LogP contribution in [0.25, 0.3) is 0 Å². The molecule has 0 saturated heterocycles. The maximum Gasteiger partial charge on any atom is 0.123 e. The maximum atomic E-state index is 13.2. The summed E-state index contributed by atoms with van der Waals surface area (Å²) >= 11 is 0. The first kappa shape index (κ1) is 13.7. The molecular formula is C16H18FNO. The Labute approximate surface area is 112 Å². The summed E-state index contributed by atoms with van der Waals surface area (Å²) in [7, 11) is 0. The van der Waals surface area contributed by atoms with Crippen LogP contribution in [-0.2, 0) is 12.8 Å². The third-order valence-corrected chi connectivity index (χ3v) is 3.26. The second kappa shape index (κ2) is 6.43. The maximum absolute atomic E-state index is 13.2. The lowest BCUT2D eigenvalue weighted by molar-refractivity contribution is 0.165. The summed E-state index contributed by atoms with van der Waals surface area (Å²) in [6.07, 6.45) is 5.01. The lowest BCUT2D eigenvalue weighted by Gasteiger charge is -2.12. The van der Waals surface area contributed by atoms with Crippen molar-refractivity contribution in [2.45, 2.75) is 32.3 Å². The van der Waals surface area contributed by atoms with E-state index in [2.05, 4.69) is 4.98 Å². The molecule has 0 radical (unpaired) electrons. The Kier molecular flexibility index (Phi) is 4.63. The predicted octanol–water partition coefficient (Wildman–Crippen LogP) is 3.07. The van der Waals surface area contributed by atoms with Gasteiger partial charge in [0.05, 0.1) is 6.10 Å². The highest BCUT2D eigenvalue weighted by Crippen LogP contribution is 2.14. The fraction of sp³-hybridized carbons (Fsp3) is 0.312. The van der Waals surface area contributed by atoms with Crippen molar-refractivity contribution >= 4 is 0 Å². The highest BCUT2D eigenvalue weighted by atomic mass is 19.1. The number of halogens is 1. The van der Waals surface area contributed by atoms with Crippen molar-refractivity contribution in [1.29, 1.82) is 0 Å². The largest absolute Gasteiger partial charge is 0.393 e. The monoisotopic (exact) mass is 259 g/mol. The van der Waals surface area contributed by atoms with Crippen molar-refractivity contribution < 1.29 is 9.50 Å². The van der Waals surface area contributed by atoms with Crippen molar-refractivity contribution in [2.24, 2.45) is 0 Å². The van der Waals surface area contributed by atoms with Crippen LogP contribution in [0.4, 0.5) is 4.39 Å². The predicted molar refractivity (Wildman–Crippen MR) is 73.4 cm³/mol. The van der Waals surface area contributed by atoms with Gasteiger partial charge in [0.1, 0.15) is 5.82 Å². The number of hydrogen-bond acceptors (Lipinski definition) is 2. The van der Waals surface area contributed by atoms with E-state index in [1.165, 1.54) is 12.1 Å². The van der Waals surface area contributed by atoms with E-state index < -0.39 is 6.10 Å². The van der Waals surface area contributed by atoms with E-state index >= 15 is 0 Å². The Hall–Kier alpha value is -1.74. The van der Waals surface area contributed by atoms with Crippen LogP contribution < -0.4 is 0 Å². The fourth-order valence-corrected chi connectivity index (χ4v) is 2.10. The van der Waals surface area contributed by atoms with Crippen molar-refractivity contribution in [3.05, 3.63) is 65.2 Å². The number of nitrogens with zero attached hydrogens (tertiary/aromatic N) is 1. The number of hydrogen-bond donors (Lipinski definition) is 1. The number of rotatable bonds is 5. The number of aliphatic hydroxyl groups excluding tert-OH is 1. The third kappa shape index (κ3) is 4.14. The molecule has 1 N–H and O–H groups in total. The molecule has 0 aliphatic rings. The molecule has 0 aliphatic heterocycles. The number of benzene rings is 1. The zero-order valence-electron chi connectivity index (χ0n) is 11.0. The Bertz CT molecular complexity index is 528. The molecule has 0 bridgehead atoms. The molecule has 19 heavy (non-hydrogen) atoms. The quantitative estimate of drug-likeness (QED) is 0.895. The molecule has 0 amide bonds. The van der Waals surface area contributed by atoms with Crippen molar-refractivity contribution in [2.75, 3.05) is 0 Å². The van der Waals surface area contributed by atoms with E-state index in [0.29, 0.717) is 12.8 Å². The van der Waals surface area contributed by atoms with E-state index in [9.17, 15) is 9.50 Å².